The number of nitrogens with zero attached hydrogens (tertiary/aromatic N) is 4. The lowest BCUT2D eigenvalue weighted by molar-refractivity contribution is -0.137. The van der Waals surface area contributed by atoms with E-state index in [-0.39, 0.29) is 30.5 Å². The van der Waals surface area contributed by atoms with E-state index in [4.69, 9.17) is 5.11 Å². The average Bonchev–Trinajstić information content (AvgIpc) is 2.95. The van der Waals surface area contributed by atoms with Gasteiger partial charge in [-0.3, -0.25) is 4.79 Å². The molecule has 4 atom stereocenters. The molecule has 2 aliphatic heterocycles. The normalized spacial score (nSPS) is 34.0. The zero-order valence-electron chi connectivity index (χ0n) is 14.0. The van der Waals surface area contributed by atoms with Gasteiger partial charge in [0.25, 0.3) is 5.92 Å². The molecule has 0 radical (unpaired) electrons. The maximum Gasteiger partial charge on any atom is 0.303 e. The fourth-order valence-electron chi connectivity index (χ4n) is 4.66. The molecule has 3 heterocycles. The largest absolute Gasteiger partial charge is 0.481 e. The van der Waals surface area contributed by atoms with Crippen LogP contribution in [0.3, 0.4) is 0 Å². The Kier molecular flexibility index (Phi) is 2.93. The summed E-state index contributed by atoms with van der Waals surface area (Å²) in [5.41, 5.74) is 0.451. The maximum absolute atomic E-state index is 14.0. The predicted octanol–water partition coefficient (Wildman–Crippen LogP) is 1.88. The van der Waals surface area contributed by atoms with Crippen LogP contribution in [0.5, 0.6) is 0 Å². The van der Waals surface area contributed by atoms with E-state index in [1.54, 1.807) is 0 Å². The third-order valence-corrected chi connectivity index (χ3v) is 6.38. The highest BCUT2D eigenvalue weighted by Crippen LogP contribution is 2.56. The van der Waals surface area contributed by atoms with E-state index in [9.17, 15) is 13.6 Å². The summed E-state index contributed by atoms with van der Waals surface area (Å²) in [7, 11) is 0. The van der Waals surface area contributed by atoms with Crippen LogP contribution >= 0.6 is 0 Å². The number of fused-ring (bicyclic) bond motifs is 2. The van der Waals surface area contributed by atoms with Gasteiger partial charge >= 0.3 is 5.97 Å². The van der Waals surface area contributed by atoms with Crippen LogP contribution < -0.4 is 9.80 Å². The van der Waals surface area contributed by atoms with E-state index in [0.29, 0.717) is 42.3 Å². The topological polar surface area (TPSA) is 69.6 Å². The fourth-order valence-corrected chi connectivity index (χ4v) is 4.66. The molecule has 0 amide bonds. The molecule has 1 N–H and O–H groups in total. The smallest absolute Gasteiger partial charge is 0.303 e. The number of piperidine rings is 1. The number of rotatable bonds is 4. The Labute approximate surface area is 143 Å². The molecule has 5 rings (SSSR count). The fraction of sp³-hybridized carbons (Fsp3) is 0.706. The molecule has 2 aliphatic carbocycles. The standard InChI is InChI=1S/C17H20F2N4O2/c1-8-2-3-23(8)16-20-14-10(5-17(14,18)19)15(21-16)22-6-11-9(4-13(24)25)12(11)7-22/h8-9,11-12H,2-7H2,1H3,(H,24,25)/t8-,9?,11-,12+/m0/s1. The Morgan fingerprint density at radius 1 is 1.32 bits per heavy atom. The molecule has 3 fully saturated rings. The number of alkyl halides is 2. The third-order valence-electron chi connectivity index (χ3n) is 6.38. The van der Waals surface area contributed by atoms with Crippen LogP contribution in [0.25, 0.3) is 0 Å². The van der Waals surface area contributed by atoms with Crippen molar-refractivity contribution >= 4 is 17.7 Å². The minimum atomic E-state index is -2.86. The van der Waals surface area contributed by atoms with Crippen LogP contribution in [0.4, 0.5) is 20.5 Å². The van der Waals surface area contributed by atoms with E-state index < -0.39 is 11.9 Å². The lowest BCUT2D eigenvalue weighted by atomic mass is 9.89. The number of hydrogen-bond donors (Lipinski definition) is 1. The van der Waals surface area contributed by atoms with Crippen LogP contribution in [0.2, 0.25) is 0 Å². The van der Waals surface area contributed by atoms with Crippen LogP contribution in [0, 0.1) is 17.8 Å². The van der Waals surface area contributed by atoms with Crippen molar-refractivity contribution in [2.45, 2.75) is 38.2 Å². The van der Waals surface area contributed by atoms with Gasteiger partial charge in [-0.25, -0.2) is 4.98 Å². The first kappa shape index (κ1) is 15.3. The monoisotopic (exact) mass is 350 g/mol. The lowest BCUT2D eigenvalue weighted by Crippen LogP contribution is -2.48. The van der Waals surface area contributed by atoms with Crippen molar-refractivity contribution in [2.75, 3.05) is 29.4 Å². The van der Waals surface area contributed by atoms with Crippen LogP contribution in [-0.4, -0.2) is 46.7 Å². The van der Waals surface area contributed by atoms with Crippen molar-refractivity contribution in [3.63, 3.8) is 0 Å². The summed E-state index contributed by atoms with van der Waals surface area (Å²) >= 11 is 0. The van der Waals surface area contributed by atoms with E-state index in [1.807, 2.05) is 11.8 Å². The van der Waals surface area contributed by atoms with Gasteiger partial charge in [-0.2, -0.15) is 13.8 Å². The quantitative estimate of drug-likeness (QED) is 0.894. The van der Waals surface area contributed by atoms with Gasteiger partial charge in [0.2, 0.25) is 5.95 Å². The Hall–Kier alpha value is -1.99. The number of anilines is 2. The summed E-state index contributed by atoms with van der Waals surface area (Å²) in [5.74, 6) is -1.61. The average molecular weight is 350 g/mol. The number of carbonyl (C=O) groups is 1. The van der Waals surface area contributed by atoms with Gasteiger partial charge < -0.3 is 14.9 Å². The van der Waals surface area contributed by atoms with Crippen molar-refractivity contribution in [1.82, 2.24) is 9.97 Å². The Morgan fingerprint density at radius 3 is 2.56 bits per heavy atom. The minimum absolute atomic E-state index is 0.116. The van der Waals surface area contributed by atoms with E-state index in [0.717, 1.165) is 13.0 Å². The molecule has 8 heteroatoms. The van der Waals surface area contributed by atoms with Crippen molar-refractivity contribution in [1.29, 1.82) is 0 Å². The third kappa shape index (κ3) is 2.15. The summed E-state index contributed by atoms with van der Waals surface area (Å²) < 4.78 is 27.9. The predicted molar refractivity (Wildman–Crippen MR) is 86.0 cm³/mol. The molecule has 25 heavy (non-hydrogen) atoms. The highest BCUT2D eigenvalue weighted by Gasteiger charge is 2.58. The van der Waals surface area contributed by atoms with Crippen molar-refractivity contribution in [3.8, 4) is 0 Å². The molecular weight excluding hydrogens is 330 g/mol. The van der Waals surface area contributed by atoms with Gasteiger partial charge in [0, 0.05) is 44.1 Å². The van der Waals surface area contributed by atoms with Crippen molar-refractivity contribution < 1.29 is 18.7 Å². The number of aromatic nitrogens is 2. The Bertz CT molecular complexity index is 759. The second kappa shape index (κ2) is 4.80. The molecule has 1 unspecified atom stereocenters. The first-order valence-electron chi connectivity index (χ1n) is 8.88. The SMILES string of the molecule is C[C@H]1CCN1c1nc(N2C[C@@H]3C(CC(=O)O)[C@@H]3C2)c2c(n1)C(F)(F)C2. The molecule has 134 valence electrons. The molecule has 0 aromatic carbocycles. The number of aliphatic carboxylic acids is 1. The van der Waals surface area contributed by atoms with Crippen LogP contribution in [0.15, 0.2) is 0 Å². The second-order valence-electron chi connectivity index (χ2n) is 7.88. The summed E-state index contributed by atoms with van der Waals surface area (Å²) in [6.45, 7) is 4.28. The molecule has 0 spiro atoms. The minimum Gasteiger partial charge on any atom is -0.481 e. The first-order chi connectivity index (χ1) is 11.8. The van der Waals surface area contributed by atoms with Gasteiger partial charge in [-0.1, -0.05) is 0 Å². The molecule has 0 bridgehead atoms. The van der Waals surface area contributed by atoms with Gasteiger partial charge in [0.05, 0.1) is 0 Å². The molecule has 4 aliphatic rings. The van der Waals surface area contributed by atoms with Gasteiger partial charge in [0.15, 0.2) is 0 Å². The molecule has 1 aromatic rings. The summed E-state index contributed by atoms with van der Waals surface area (Å²) in [6, 6.07) is 0.284. The van der Waals surface area contributed by atoms with Gasteiger partial charge in [0.1, 0.15) is 11.5 Å². The zero-order valence-corrected chi connectivity index (χ0v) is 14.0. The summed E-state index contributed by atoms with van der Waals surface area (Å²) in [5, 5.41) is 8.94. The van der Waals surface area contributed by atoms with E-state index in [2.05, 4.69) is 14.9 Å². The van der Waals surface area contributed by atoms with Crippen molar-refractivity contribution in [2.24, 2.45) is 17.8 Å². The van der Waals surface area contributed by atoms with Crippen molar-refractivity contribution in [3.05, 3.63) is 11.3 Å². The number of carboxylic acids is 1. The highest BCUT2D eigenvalue weighted by molar-refractivity contribution is 5.68. The Morgan fingerprint density at radius 2 is 2.04 bits per heavy atom. The highest BCUT2D eigenvalue weighted by atomic mass is 19.3. The van der Waals surface area contributed by atoms with Gasteiger partial charge in [-0.05, 0) is 31.1 Å². The number of hydrogen-bond acceptors (Lipinski definition) is 5. The number of halogens is 2. The first-order valence-corrected chi connectivity index (χ1v) is 8.88. The zero-order chi connectivity index (χ0) is 17.5. The second-order valence-corrected chi connectivity index (χ2v) is 7.88. The summed E-state index contributed by atoms with van der Waals surface area (Å²) in [6.07, 6.45) is 0.939. The van der Waals surface area contributed by atoms with E-state index >= 15 is 0 Å². The molecular formula is C17H20F2N4O2. The van der Waals surface area contributed by atoms with Crippen LogP contribution in [0.1, 0.15) is 31.0 Å². The molecule has 2 saturated heterocycles. The molecule has 6 nitrogen and oxygen atoms in total. The van der Waals surface area contributed by atoms with Gasteiger partial charge in [-0.15, -0.1) is 0 Å². The molecule has 1 aromatic heterocycles. The van der Waals surface area contributed by atoms with E-state index in [1.165, 1.54) is 0 Å². The lowest BCUT2D eigenvalue weighted by Gasteiger charge is -2.41. The molecule has 1 saturated carbocycles. The summed E-state index contributed by atoms with van der Waals surface area (Å²) in [4.78, 5) is 23.7. The maximum atomic E-state index is 14.0. The van der Waals surface area contributed by atoms with Crippen LogP contribution in [-0.2, 0) is 17.1 Å². The number of carboxylic acid groups (broad SMARTS) is 1. The Balaban J connectivity index is 1.42.